The third kappa shape index (κ3) is 4.03. The van der Waals surface area contributed by atoms with E-state index in [2.05, 4.69) is 4.90 Å². The van der Waals surface area contributed by atoms with Crippen molar-refractivity contribution in [3.05, 3.63) is 34.6 Å². The Morgan fingerprint density at radius 2 is 1.74 bits per heavy atom. The van der Waals surface area contributed by atoms with Gasteiger partial charge in [-0.25, -0.2) is 4.39 Å². The van der Waals surface area contributed by atoms with Crippen molar-refractivity contribution in [2.75, 3.05) is 26.2 Å². The summed E-state index contributed by atoms with van der Waals surface area (Å²) in [6.45, 7) is 3.21. The molecule has 2 fully saturated rings. The Hall–Kier alpha value is -1.17. The molecule has 0 aliphatic carbocycles. The van der Waals surface area contributed by atoms with Gasteiger partial charge in [-0.3, -0.25) is 4.79 Å². The van der Waals surface area contributed by atoms with Gasteiger partial charge >= 0.3 is 0 Å². The minimum atomic E-state index is -0.484. The fourth-order valence-corrected chi connectivity index (χ4v) is 3.77. The van der Waals surface area contributed by atoms with Crippen molar-refractivity contribution in [2.24, 2.45) is 0 Å². The Labute approximate surface area is 140 Å². The van der Waals surface area contributed by atoms with Crippen molar-refractivity contribution >= 4 is 17.5 Å². The number of hydrogen-bond donors (Lipinski definition) is 1. The molecule has 126 valence electrons. The molecule has 0 bridgehead atoms. The molecule has 0 saturated carbocycles. The number of nitrogens with zero attached hydrogens (tertiary/aromatic N) is 2. The van der Waals surface area contributed by atoms with E-state index in [-0.39, 0.29) is 17.0 Å². The maximum Gasteiger partial charge on any atom is 0.254 e. The number of halogens is 2. The third-order valence-electron chi connectivity index (χ3n) is 4.88. The summed E-state index contributed by atoms with van der Waals surface area (Å²) in [6.07, 6.45) is 3.35. The first-order valence-electron chi connectivity index (χ1n) is 8.20. The third-order valence-corrected chi connectivity index (χ3v) is 5.09. The lowest BCUT2D eigenvalue weighted by atomic mass is 9.98. The summed E-state index contributed by atoms with van der Waals surface area (Å²) in [7, 11) is 0. The Kier molecular flexibility index (Phi) is 5.19. The van der Waals surface area contributed by atoms with Crippen LogP contribution in [0.5, 0.6) is 0 Å². The zero-order chi connectivity index (χ0) is 16.4. The quantitative estimate of drug-likeness (QED) is 0.899. The van der Waals surface area contributed by atoms with Gasteiger partial charge in [-0.1, -0.05) is 11.6 Å². The smallest absolute Gasteiger partial charge is 0.254 e. The molecule has 0 aromatic heterocycles. The molecule has 0 spiro atoms. The lowest BCUT2D eigenvalue weighted by Crippen LogP contribution is -2.49. The predicted molar refractivity (Wildman–Crippen MR) is 87.1 cm³/mol. The number of amides is 1. The Bertz CT molecular complexity index is 547. The van der Waals surface area contributed by atoms with E-state index in [1.807, 2.05) is 0 Å². The van der Waals surface area contributed by atoms with Crippen LogP contribution in [0.3, 0.4) is 0 Å². The van der Waals surface area contributed by atoms with Crippen LogP contribution in [0.15, 0.2) is 18.2 Å². The van der Waals surface area contributed by atoms with E-state index in [0.29, 0.717) is 24.7 Å². The van der Waals surface area contributed by atoms with Crippen molar-refractivity contribution in [3.63, 3.8) is 0 Å². The number of rotatable bonds is 2. The highest BCUT2D eigenvalue weighted by Crippen LogP contribution is 2.23. The molecular formula is C17H22ClFN2O2. The van der Waals surface area contributed by atoms with Crippen LogP contribution in [0.2, 0.25) is 5.02 Å². The lowest BCUT2D eigenvalue weighted by molar-refractivity contribution is 0.0357. The number of aliphatic hydroxyl groups excluding tert-OH is 1. The van der Waals surface area contributed by atoms with Gasteiger partial charge < -0.3 is 14.9 Å². The monoisotopic (exact) mass is 340 g/mol. The average molecular weight is 341 g/mol. The lowest BCUT2D eigenvalue weighted by Gasteiger charge is -2.41. The van der Waals surface area contributed by atoms with Crippen LogP contribution in [0, 0.1) is 5.82 Å². The van der Waals surface area contributed by atoms with Crippen molar-refractivity contribution < 1.29 is 14.3 Å². The van der Waals surface area contributed by atoms with E-state index in [1.165, 1.54) is 18.2 Å². The second kappa shape index (κ2) is 7.16. The highest BCUT2D eigenvalue weighted by atomic mass is 35.5. The summed E-state index contributed by atoms with van der Waals surface area (Å²) in [5.41, 5.74) is 0.314. The van der Waals surface area contributed by atoms with E-state index in [4.69, 9.17) is 11.6 Å². The van der Waals surface area contributed by atoms with E-state index in [9.17, 15) is 14.3 Å². The van der Waals surface area contributed by atoms with Crippen LogP contribution in [-0.2, 0) is 0 Å². The number of carbonyl (C=O) groups excluding carboxylic acids is 1. The van der Waals surface area contributed by atoms with Crippen molar-refractivity contribution in [3.8, 4) is 0 Å². The van der Waals surface area contributed by atoms with Gasteiger partial charge in [0, 0.05) is 42.8 Å². The van der Waals surface area contributed by atoms with Crippen LogP contribution in [0.1, 0.15) is 36.0 Å². The summed E-state index contributed by atoms with van der Waals surface area (Å²) < 4.78 is 13.4. The Balaban J connectivity index is 1.57. The SMILES string of the molecule is O=C(c1cc(F)cc(Cl)c1)N1CCC(N2CCC(O)CC2)CC1. The molecule has 4 nitrogen and oxygen atoms in total. The molecule has 2 aliphatic rings. The Morgan fingerprint density at radius 1 is 1.09 bits per heavy atom. The first kappa shape index (κ1) is 16.7. The van der Waals surface area contributed by atoms with Gasteiger partial charge in [-0.05, 0) is 43.9 Å². The fourth-order valence-electron chi connectivity index (χ4n) is 3.54. The van der Waals surface area contributed by atoms with Gasteiger partial charge in [0.15, 0.2) is 0 Å². The standard InChI is InChI=1S/C17H22ClFN2O2/c18-13-9-12(10-14(19)11-13)17(23)21-5-1-15(2-6-21)20-7-3-16(22)4-8-20/h9-11,15-16,22H,1-8H2. The minimum absolute atomic E-state index is 0.154. The first-order chi connectivity index (χ1) is 11.0. The summed E-state index contributed by atoms with van der Waals surface area (Å²) in [6, 6.07) is 4.44. The highest BCUT2D eigenvalue weighted by molar-refractivity contribution is 6.31. The van der Waals surface area contributed by atoms with E-state index >= 15 is 0 Å². The van der Waals surface area contributed by atoms with Gasteiger partial charge in [-0.15, -0.1) is 0 Å². The molecule has 1 aromatic rings. The molecule has 0 radical (unpaired) electrons. The van der Waals surface area contributed by atoms with Crippen molar-refractivity contribution in [2.45, 2.75) is 37.8 Å². The normalized spacial score (nSPS) is 21.6. The van der Waals surface area contributed by atoms with Gasteiger partial charge in [0.25, 0.3) is 5.91 Å². The summed E-state index contributed by atoms with van der Waals surface area (Å²) in [5.74, 6) is -0.637. The van der Waals surface area contributed by atoms with Gasteiger partial charge in [0.1, 0.15) is 5.82 Å². The molecule has 23 heavy (non-hydrogen) atoms. The maximum atomic E-state index is 13.4. The van der Waals surface area contributed by atoms with Gasteiger partial charge in [0.05, 0.1) is 6.10 Å². The van der Waals surface area contributed by atoms with Gasteiger partial charge in [0.2, 0.25) is 0 Å². The minimum Gasteiger partial charge on any atom is -0.393 e. The van der Waals surface area contributed by atoms with Crippen LogP contribution in [0.4, 0.5) is 4.39 Å². The van der Waals surface area contributed by atoms with Crippen LogP contribution < -0.4 is 0 Å². The molecule has 0 atom stereocenters. The summed E-state index contributed by atoms with van der Waals surface area (Å²) in [5, 5.41) is 9.84. The van der Waals surface area contributed by atoms with Crippen molar-refractivity contribution in [1.82, 2.24) is 9.80 Å². The first-order valence-corrected chi connectivity index (χ1v) is 8.58. The van der Waals surface area contributed by atoms with E-state index in [1.54, 1.807) is 4.90 Å². The highest BCUT2D eigenvalue weighted by Gasteiger charge is 2.29. The molecule has 1 aromatic carbocycles. The largest absolute Gasteiger partial charge is 0.393 e. The average Bonchev–Trinajstić information content (AvgIpc) is 2.54. The molecule has 2 heterocycles. The number of carbonyl (C=O) groups is 1. The zero-order valence-corrected chi connectivity index (χ0v) is 13.8. The molecular weight excluding hydrogens is 319 g/mol. The molecule has 1 amide bonds. The van der Waals surface area contributed by atoms with E-state index < -0.39 is 5.82 Å². The summed E-state index contributed by atoms with van der Waals surface area (Å²) >= 11 is 5.83. The van der Waals surface area contributed by atoms with E-state index in [0.717, 1.165) is 38.8 Å². The Morgan fingerprint density at radius 3 is 2.35 bits per heavy atom. The molecule has 2 aliphatic heterocycles. The number of piperidine rings is 2. The second-order valence-corrected chi connectivity index (χ2v) is 6.89. The topological polar surface area (TPSA) is 43.8 Å². The van der Waals surface area contributed by atoms with Gasteiger partial charge in [-0.2, -0.15) is 0 Å². The van der Waals surface area contributed by atoms with Crippen molar-refractivity contribution in [1.29, 1.82) is 0 Å². The number of aliphatic hydroxyl groups is 1. The van der Waals surface area contributed by atoms with Crippen LogP contribution >= 0.6 is 11.6 Å². The number of likely N-dealkylation sites (tertiary alicyclic amines) is 2. The molecule has 0 unspecified atom stereocenters. The number of hydrogen-bond acceptors (Lipinski definition) is 3. The second-order valence-electron chi connectivity index (χ2n) is 6.45. The maximum absolute atomic E-state index is 13.4. The molecule has 6 heteroatoms. The molecule has 1 N–H and O–H groups in total. The van der Waals surface area contributed by atoms with Crippen LogP contribution in [-0.4, -0.2) is 59.1 Å². The fraction of sp³-hybridized carbons (Fsp3) is 0.588. The van der Waals surface area contributed by atoms with Crippen LogP contribution in [0.25, 0.3) is 0 Å². The number of benzene rings is 1. The zero-order valence-electron chi connectivity index (χ0n) is 13.0. The predicted octanol–water partition coefficient (Wildman–Crippen LogP) is 2.54. The molecule has 3 rings (SSSR count). The summed E-state index contributed by atoms with van der Waals surface area (Å²) in [4.78, 5) is 16.7. The molecule has 2 saturated heterocycles.